The highest BCUT2D eigenvalue weighted by Gasteiger charge is 2.30. The van der Waals surface area contributed by atoms with E-state index in [-0.39, 0.29) is 12.6 Å². The Labute approximate surface area is 134 Å². The van der Waals surface area contributed by atoms with Gasteiger partial charge in [0.2, 0.25) is 0 Å². The molecule has 23 heavy (non-hydrogen) atoms. The quantitative estimate of drug-likeness (QED) is 0.899. The van der Waals surface area contributed by atoms with Gasteiger partial charge in [-0.1, -0.05) is 0 Å². The van der Waals surface area contributed by atoms with Crippen molar-refractivity contribution in [3.63, 3.8) is 0 Å². The Hall–Kier alpha value is -1.47. The Kier molecular flexibility index (Phi) is 5.41. The van der Waals surface area contributed by atoms with E-state index in [4.69, 9.17) is 9.47 Å². The van der Waals surface area contributed by atoms with E-state index >= 15 is 0 Å². The van der Waals surface area contributed by atoms with Crippen LogP contribution in [-0.2, 0) is 13.0 Å². The van der Waals surface area contributed by atoms with Crippen LogP contribution in [0.2, 0.25) is 0 Å². The topological polar surface area (TPSA) is 33.7 Å². The minimum absolute atomic E-state index is 0.0799. The summed E-state index contributed by atoms with van der Waals surface area (Å²) >= 11 is 0. The fourth-order valence-electron chi connectivity index (χ4n) is 3.07. The first kappa shape index (κ1) is 17.9. The van der Waals surface area contributed by atoms with Crippen molar-refractivity contribution in [1.29, 1.82) is 0 Å². The van der Waals surface area contributed by atoms with Crippen molar-refractivity contribution in [2.45, 2.75) is 32.1 Å². The number of benzene rings is 1. The molecule has 1 aliphatic rings. The lowest BCUT2D eigenvalue weighted by Crippen LogP contribution is -2.32. The number of fused-ring (bicyclic) bond motifs is 1. The first-order chi connectivity index (χ1) is 10.8. The summed E-state index contributed by atoms with van der Waals surface area (Å²) in [6, 6.07) is 1.94. The van der Waals surface area contributed by atoms with Crippen LogP contribution < -0.4 is 14.8 Å². The third kappa shape index (κ3) is 3.90. The molecule has 2 rings (SSSR count). The summed E-state index contributed by atoms with van der Waals surface area (Å²) < 4.78 is 48.0. The lowest BCUT2D eigenvalue weighted by molar-refractivity contribution is -0.125. The summed E-state index contributed by atoms with van der Waals surface area (Å²) in [6.45, 7) is 2.00. The second kappa shape index (κ2) is 6.97. The van der Waals surface area contributed by atoms with Crippen LogP contribution in [0.25, 0.3) is 0 Å². The zero-order valence-corrected chi connectivity index (χ0v) is 13.9. The molecule has 130 valence electrons. The number of alkyl halides is 3. The molecule has 7 heteroatoms. The molecule has 0 bridgehead atoms. The molecule has 0 aromatic heterocycles. The normalized spacial score (nSPS) is 18.7. The summed E-state index contributed by atoms with van der Waals surface area (Å²) in [5.41, 5.74) is 2.77. The zero-order chi connectivity index (χ0) is 17.2. The summed E-state index contributed by atoms with van der Waals surface area (Å²) in [5, 5.41) is 2.42. The Bertz CT molecular complexity index is 561. The van der Waals surface area contributed by atoms with Crippen molar-refractivity contribution in [2.24, 2.45) is 0 Å². The first-order valence-electron chi connectivity index (χ1n) is 7.52. The maximum atomic E-state index is 12.3. The van der Waals surface area contributed by atoms with Crippen LogP contribution in [0.5, 0.6) is 11.5 Å². The highest BCUT2D eigenvalue weighted by atomic mass is 19.4. The van der Waals surface area contributed by atoms with Gasteiger partial charge in [0.15, 0.2) is 0 Å². The first-order valence-corrected chi connectivity index (χ1v) is 7.52. The molecule has 1 atom stereocenters. The SMILES string of the molecule is COc1cc(CNCC(F)(F)F)c(OC)c2c1C(C)N(C)CC2. The molecular formula is C16H23F3N2O2. The van der Waals surface area contributed by atoms with Gasteiger partial charge >= 0.3 is 6.18 Å². The summed E-state index contributed by atoms with van der Waals surface area (Å²) in [5.74, 6) is 1.36. The molecule has 1 aliphatic heterocycles. The number of halogens is 3. The predicted molar refractivity (Wildman–Crippen MR) is 82.1 cm³/mol. The van der Waals surface area contributed by atoms with E-state index in [2.05, 4.69) is 17.1 Å². The van der Waals surface area contributed by atoms with Crippen LogP contribution >= 0.6 is 0 Å². The molecule has 1 aromatic carbocycles. The van der Waals surface area contributed by atoms with Crippen molar-refractivity contribution < 1.29 is 22.6 Å². The van der Waals surface area contributed by atoms with Gasteiger partial charge in [-0.05, 0) is 26.5 Å². The van der Waals surface area contributed by atoms with Gasteiger partial charge in [0.25, 0.3) is 0 Å². The molecule has 0 amide bonds. The van der Waals surface area contributed by atoms with Gasteiger partial charge < -0.3 is 14.8 Å². The van der Waals surface area contributed by atoms with Crippen molar-refractivity contribution >= 4 is 0 Å². The molecule has 0 aliphatic carbocycles. The van der Waals surface area contributed by atoms with Crippen LogP contribution in [0.4, 0.5) is 13.2 Å². The van der Waals surface area contributed by atoms with E-state index in [1.807, 2.05) is 7.05 Å². The molecule has 1 unspecified atom stereocenters. The fourth-order valence-corrected chi connectivity index (χ4v) is 3.07. The van der Waals surface area contributed by atoms with Crippen LogP contribution in [0.3, 0.4) is 0 Å². The lowest BCUT2D eigenvalue weighted by atomic mass is 9.90. The highest BCUT2D eigenvalue weighted by Crippen LogP contribution is 2.42. The average molecular weight is 332 g/mol. The molecule has 0 radical (unpaired) electrons. The minimum Gasteiger partial charge on any atom is -0.496 e. The Morgan fingerprint density at radius 2 is 2.00 bits per heavy atom. The van der Waals surface area contributed by atoms with E-state index in [1.54, 1.807) is 20.3 Å². The summed E-state index contributed by atoms with van der Waals surface area (Å²) in [7, 11) is 5.17. The zero-order valence-electron chi connectivity index (χ0n) is 13.9. The third-order valence-corrected chi connectivity index (χ3v) is 4.32. The number of likely N-dealkylation sites (N-methyl/N-ethyl adjacent to an activating group) is 1. The number of nitrogens with one attached hydrogen (secondary N) is 1. The molecule has 0 saturated carbocycles. The molecule has 1 N–H and O–H groups in total. The highest BCUT2D eigenvalue weighted by molar-refractivity contribution is 5.56. The molecule has 0 fully saturated rings. The van der Waals surface area contributed by atoms with Gasteiger partial charge in [-0.25, -0.2) is 0 Å². The van der Waals surface area contributed by atoms with Gasteiger partial charge in [0.1, 0.15) is 11.5 Å². The lowest BCUT2D eigenvalue weighted by Gasteiger charge is -2.34. The molecule has 1 aromatic rings. The average Bonchev–Trinajstić information content (AvgIpc) is 2.48. The van der Waals surface area contributed by atoms with Crippen molar-refractivity contribution in [3.05, 3.63) is 22.8 Å². The molecule has 1 heterocycles. The van der Waals surface area contributed by atoms with Gasteiger partial charge in [-0.15, -0.1) is 0 Å². The van der Waals surface area contributed by atoms with Crippen molar-refractivity contribution in [2.75, 3.05) is 34.4 Å². The van der Waals surface area contributed by atoms with E-state index in [0.29, 0.717) is 17.1 Å². The number of ether oxygens (including phenoxy) is 2. The predicted octanol–water partition coefficient (Wildman–Crippen LogP) is 2.90. The Morgan fingerprint density at radius 1 is 1.30 bits per heavy atom. The van der Waals surface area contributed by atoms with Crippen LogP contribution in [0, 0.1) is 0 Å². The minimum atomic E-state index is -4.23. The number of nitrogens with zero attached hydrogens (tertiary/aromatic N) is 1. The number of hydrogen-bond donors (Lipinski definition) is 1. The standard InChI is InChI=1S/C16H23F3N2O2/c1-10-14-12(5-6-21(10)2)15(23-4)11(7-13(14)22-3)8-20-9-16(17,18)19/h7,10,20H,5-6,8-9H2,1-4H3. The van der Waals surface area contributed by atoms with Crippen molar-refractivity contribution in [3.8, 4) is 11.5 Å². The van der Waals surface area contributed by atoms with Gasteiger partial charge in [-0.2, -0.15) is 13.2 Å². The fraction of sp³-hybridized carbons (Fsp3) is 0.625. The van der Waals surface area contributed by atoms with Crippen LogP contribution in [-0.4, -0.2) is 45.4 Å². The number of hydrogen-bond acceptors (Lipinski definition) is 4. The van der Waals surface area contributed by atoms with E-state index in [0.717, 1.165) is 24.1 Å². The van der Waals surface area contributed by atoms with E-state index in [9.17, 15) is 13.2 Å². The van der Waals surface area contributed by atoms with Crippen LogP contribution in [0.15, 0.2) is 6.07 Å². The molecule has 0 spiro atoms. The monoisotopic (exact) mass is 332 g/mol. The van der Waals surface area contributed by atoms with Crippen LogP contribution in [0.1, 0.15) is 29.7 Å². The Balaban J connectivity index is 2.37. The second-order valence-corrected chi connectivity index (χ2v) is 5.79. The summed E-state index contributed by atoms with van der Waals surface area (Å²) in [4.78, 5) is 2.21. The number of rotatable bonds is 5. The smallest absolute Gasteiger partial charge is 0.401 e. The maximum Gasteiger partial charge on any atom is 0.401 e. The van der Waals surface area contributed by atoms with Crippen molar-refractivity contribution in [1.82, 2.24) is 10.2 Å². The summed E-state index contributed by atoms with van der Waals surface area (Å²) in [6.07, 6.45) is -3.45. The molecule has 4 nitrogen and oxygen atoms in total. The van der Waals surface area contributed by atoms with Gasteiger partial charge in [0.05, 0.1) is 20.8 Å². The number of methoxy groups -OCH3 is 2. The largest absolute Gasteiger partial charge is 0.496 e. The van der Waals surface area contributed by atoms with Gasteiger partial charge in [0, 0.05) is 35.8 Å². The molecule has 0 saturated heterocycles. The Morgan fingerprint density at radius 3 is 2.57 bits per heavy atom. The van der Waals surface area contributed by atoms with Gasteiger partial charge in [-0.3, -0.25) is 4.90 Å². The van der Waals surface area contributed by atoms with E-state index in [1.165, 1.54) is 0 Å². The second-order valence-electron chi connectivity index (χ2n) is 5.79. The third-order valence-electron chi connectivity index (χ3n) is 4.32. The molecular weight excluding hydrogens is 309 g/mol. The van der Waals surface area contributed by atoms with E-state index < -0.39 is 12.7 Å². The maximum absolute atomic E-state index is 12.3.